The summed E-state index contributed by atoms with van der Waals surface area (Å²) in [6, 6.07) is 8.23. The summed E-state index contributed by atoms with van der Waals surface area (Å²) in [5, 5.41) is 10.5. The molecular formula is C28H38N2O5S. The van der Waals surface area contributed by atoms with Gasteiger partial charge in [0.05, 0.1) is 35.8 Å². The first kappa shape index (κ1) is 26.7. The van der Waals surface area contributed by atoms with Gasteiger partial charge in [-0.1, -0.05) is 36.4 Å². The highest BCUT2D eigenvalue weighted by Gasteiger charge is 2.78. The van der Waals surface area contributed by atoms with Crippen LogP contribution in [0.1, 0.15) is 46.1 Å². The first-order valence-electron chi connectivity index (χ1n) is 12.9. The van der Waals surface area contributed by atoms with Crippen molar-refractivity contribution in [3.8, 4) is 0 Å². The van der Waals surface area contributed by atoms with Gasteiger partial charge in [-0.3, -0.25) is 14.4 Å². The molecule has 1 spiro atoms. The number of thioether (sulfide) groups is 1. The Morgan fingerprint density at radius 1 is 1.31 bits per heavy atom. The molecule has 0 radical (unpaired) electrons. The van der Waals surface area contributed by atoms with E-state index in [9.17, 15) is 19.5 Å². The second kappa shape index (κ2) is 10.2. The molecule has 3 saturated heterocycles. The summed E-state index contributed by atoms with van der Waals surface area (Å²) in [5.74, 6) is -2.01. The van der Waals surface area contributed by atoms with Gasteiger partial charge in [-0.15, -0.1) is 18.3 Å². The van der Waals surface area contributed by atoms with Crippen molar-refractivity contribution in [1.82, 2.24) is 9.80 Å². The SMILES string of the molecule is C=CCN(C(=O)C1N([C@@H](CO)Cc2ccccc2)C(=O)[C@@H]2[C@@H](C(=O)OCC)[C@@]3(C)CCC12S3)C(C)C. The van der Waals surface area contributed by atoms with Crippen molar-refractivity contribution in [2.45, 2.75) is 74.6 Å². The zero-order chi connectivity index (χ0) is 26.3. The fourth-order valence-electron chi connectivity index (χ4n) is 6.61. The second-order valence-electron chi connectivity index (χ2n) is 10.6. The highest BCUT2D eigenvalue weighted by Crippen LogP contribution is 2.71. The Morgan fingerprint density at radius 3 is 2.58 bits per heavy atom. The number of hydrogen-bond donors (Lipinski definition) is 1. The summed E-state index contributed by atoms with van der Waals surface area (Å²) in [7, 11) is 0. The molecule has 2 unspecified atom stereocenters. The normalized spacial score (nSPS) is 31.4. The minimum Gasteiger partial charge on any atom is -0.466 e. The topological polar surface area (TPSA) is 87.2 Å². The van der Waals surface area contributed by atoms with Crippen LogP contribution in [0, 0.1) is 11.8 Å². The maximum Gasteiger partial charge on any atom is 0.311 e. The molecule has 2 amide bonds. The lowest BCUT2D eigenvalue weighted by Crippen LogP contribution is -2.58. The number of carbonyl (C=O) groups is 3. The van der Waals surface area contributed by atoms with Crippen LogP contribution in [-0.2, 0) is 25.5 Å². The Hall–Kier alpha value is -2.32. The molecule has 3 aliphatic rings. The van der Waals surface area contributed by atoms with Gasteiger partial charge in [0, 0.05) is 17.3 Å². The van der Waals surface area contributed by atoms with Gasteiger partial charge in [-0.25, -0.2) is 0 Å². The second-order valence-corrected chi connectivity index (χ2v) is 12.5. The minimum absolute atomic E-state index is 0.0929. The molecule has 3 aliphatic heterocycles. The number of benzene rings is 1. The van der Waals surface area contributed by atoms with Crippen LogP contribution < -0.4 is 0 Å². The van der Waals surface area contributed by atoms with Crippen molar-refractivity contribution in [2.24, 2.45) is 11.8 Å². The summed E-state index contributed by atoms with van der Waals surface area (Å²) >= 11 is 1.62. The molecule has 6 atom stereocenters. The number of fused-ring (bicyclic) bond motifs is 1. The summed E-state index contributed by atoms with van der Waals surface area (Å²) in [6.07, 6.45) is 3.51. The lowest BCUT2D eigenvalue weighted by molar-refractivity contribution is -0.155. The Bertz CT molecular complexity index is 1020. The molecule has 1 aromatic carbocycles. The van der Waals surface area contributed by atoms with Gasteiger partial charge in [-0.05, 0) is 52.5 Å². The molecule has 0 aliphatic carbocycles. The molecule has 3 fully saturated rings. The van der Waals surface area contributed by atoms with Crippen molar-refractivity contribution < 1.29 is 24.2 Å². The van der Waals surface area contributed by atoms with E-state index in [4.69, 9.17) is 4.74 Å². The van der Waals surface area contributed by atoms with Crippen molar-refractivity contribution in [1.29, 1.82) is 0 Å². The predicted molar refractivity (Wildman–Crippen MR) is 140 cm³/mol. The van der Waals surface area contributed by atoms with Gasteiger partial charge in [0.25, 0.3) is 0 Å². The number of ether oxygens (including phenoxy) is 1. The molecule has 3 heterocycles. The number of rotatable bonds is 10. The highest BCUT2D eigenvalue weighted by molar-refractivity contribution is 8.02. The number of nitrogens with zero attached hydrogens (tertiary/aromatic N) is 2. The molecule has 2 bridgehead atoms. The van der Waals surface area contributed by atoms with Crippen LogP contribution >= 0.6 is 11.8 Å². The van der Waals surface area contributed by atoms with Crippen LogP contribution in [0.25, 0.3) is 0 Å². The third kappa shape index (κ3) is 4.16. The lowest BCUT2D eigenvalue weighted by atomic mass is 9.66. The number of likely N-dealkylation sites (tertiary alicyclic amines) is 1. The van der Waals surface area contributed by atoms with Crippen LogP contribution in [0.5, 0.6) is 0 Å². The lowest BCUT2D eigenvalue weighted by Gasteiger charge is -2.40. The smallest absolute Gasteiger partial charge is 0.311 e. The van der Waals surface area contributed by atoms with Gasteiger partial charge < -0.3 is 19.6 Å². The van der Waals surface area contributed by atoms with Crippen molar-refractivity contribution in [3.63, 3.8) is 0 Å². The van der Waals surface area contributed by atoms with E-state index in [1.54, 1.807) is 34.6 Å². The maximum absolute atomic E-state index is 14.3. The summed E-state index contributed by atoms with van der Waals surface area (Å²) in [5.41, 5.74) is 0.975. The van der Waals surface area contributed by atoms with E-state index in [1.807, 2.05) is 51.1 Å². The van der Waals surface area contributed by atoms with E-state index in [1.165, 1.54) is 0 Å². The minimum atomic E-state index is -0.774. The summed E-state index contributed by atoms with van der Waals surface area (Å²) in [6.45, 7) is 11.9. The van der Waals surface area contributed by atoms with E-state index in [-0.39, 0.29) is 37.0 Å². The van der Waals surface area contributed by atoms with Crippen LogP contribution in [0.4, 0.5) is 0 Å². The monoisotopic (exact) mass is 514 g/mol. The molecular weight excluding hydrogens is 476 g/mol. The Kier molecular flexibility index (Phi) is 7.58. The quantitative estimate of drug-likeness (QED) is 0.382. The van der Waals surface area contributed by atoms with Crippen molar-refractivity contribution >= 4 is 29.5 Å². The van der Waals surface area contributed by atoms with Crippen molar-refractivity contribution in [3.05, 3.63) is 48.6 Å². The van der Waals surface area contributed by atoms with E-state index in [2.05, 4.69) is 6.58 Å². The predicted octanol–water partition coefficient (Wildman–Crippen LogP) is 3.06. The van der Waals surface area contributed by atoms with Gasteiger partial charge in [0.2, 0.25) is 11.8 Å². The fraction of sp³-hybridized carbons (Fsp3) is 0.607. The van der Waals surface area contributed by atoms with Crippen LogP contribution in [0.2, 0.25) is 0 Å². The molecule has 36 heavy (non-hydrogen) atoms. The molecule has 1 N–H and O–H groups in total. The zero-order valence-electron chi connectivity index (χ0n) is 21.7. The average molecular weight is 515 g/mol. The average Bonchev–Trinajstić information content (AvgIpc) is 3.42. The van der Waals surface area contributed by atoms with Gasteiger partial charge in [0.15, 0.2) is 0 Å². The standard InChI is InChI=1S/C28H38N2O5S/c1-6-15-29(18(3)4)25(33)23-28-14-13-27(5,36-28)22(26(34)35-7-2)21(28)24(32)30(23)20(17-31)16-19-11-9-8-10-12-19/h6,8-12,18,20-23,31H,1,7,13-17H2,2-5H3/t20-,21+,22+,23?,27-,28?/m1/s1. The maximum atomic E-state index is 14.3. The molecule has 0 aromatic heterocycles. The van der Waals surface area contributed by atoms with Crippen LogP contribution in [0.3, 0.4) is 0 Å². The highest BCUT2D eigenvalue weighted by atomic mass is 32.2. The summed E-state index contributed by atoms with van der Waals surface area (Å²) in [4.78, 5) is 45.2. The van der Waals surface area contributed by atoms with Gasteiger partial charge >= 0.3 is 5.97 Å². The largest absolute Gasteiger partial charge is 0.466 e. The number of hydrogen-bond acceptors (Lipinski definition) is 6. The molecule has 1 aromatic rings. The number of amides is 2. The van der Waals surface area contributed by atoms with E-state index >= 15 is 0 Å². The van der Waals surface area contributed by atoms with E-state index in [0.717, 1.165) is 12.0 Å². The van der Waals surface area contributed by atoms with E-state index in [0.29, 0.717) is 19.4 Å². The number of esters is 1. The Morgan fingerprint density at radius 2 is 2.00 bits per heavy atom. The third-order valence-electron chi connectivity index (χ3n) is 8.14. The summed E-state index contributed by atoms with van der Waals surface area (Å²) < 4.78 is 4.25. The number of carbonyl (C=O) groups excluding carboxylic acids is 3. The van der Waals surface area contributed by atoms with Crippen LogP contribution in [-0.4, -0.2) is 80.1 Å². The molecule has 4 rings (SSSR count). The van der Waals surface area contributed by atoms with Gasteiger partial charge in [-0.2, -0.15) is 0 Å². The van der Waals surface area contributed by atoms with Gasteiger partial charge in [0.1, 0.15) is 6.04 Å². The molecule has 0 saturated carbocycles. The molecule has 196 valence electrons. The Balaban J connectivity index is 1.82. The first-order valence-corrected chi connectivity index (χ1v) is 13.7. The Labute approximate surface area is 218 Å². The third-order valence-corrected chi connectivity index (χ3v) is 10.1. The molecule has 8 heteroatoms. The number of aliphatic hydroxyl groups is 1. The molecule has 7 nitrogen and oxygen atoms in total. The van der Waals surface area contributed by atoms with Crippen LogP contribution in [0.15, 0.2) is 43.0 Å². The van der Waals surface area contributed by atoms with E-state index < -0.39 is 33.4 Å². The number of aliphatic hydroxyl groups excluding tert-OH is 1. The zero-order valence-corrected chi connectivity index (χ0v) is 22.5. The first-order chi connectivity index (χ1) is 17.1. The van der Waals surface area contributed by atoms with Crippen molar-refractivity contribution in [2.75, 3.05) is 19.8 Å². The fourth-order valence-corrected chi connectivity index (χ4v) is 8.94.